The summed E-state index contributed by atoms with van der Waals surface area (Å²) in [7, 11) is 0. The number of nitrogens with one attached hydrogen (secondary N) is 2. The summed E-state index contributed by atoms with van der Waals surface area (Å²) in [6, 6.07) is 6.21. The van der Waals surface area contributed by atoms with Crippen LogP contribution in [0.4, 0.5) is 22.3 Å². The number of hydrogen-bond acceptors (Lipinski definition) is 11. The number of thiophene rings is 1. The highest BCUT2D eigenvalue weighted by atomic mass is 32.1. The van der Waals surface area contributed by atoms with Crippen molar-refractivity contribution < 1.29 is 10.2 Å². The maximum atomic E-state index is 9.64. The summed E-state index contributed by atoms with van der Waals surface area (Å²) >= 11 is 1.07. The van der Waals surface area contributed by atoms with Gasteiger partial charge in [-0.1, -0.05) is 0 Å². The molecule has 0 saturated heterocycles. The molecule has 0 bridgehead atoms. The van der Waals surface area contributed by atoms with Crippen molar-refractivity contribution in [3.63, 3.8) is 0 Å². The molecule has 2 aromatic rings. The van der Waals surface area contributed by atoms with E-state index in [4.69, 9.17) is 10.2 Å². The molecular formula is C20H22N8O2S. The normalized spacial score (nSPS) is 10.5. The van der Waals surface area contributed by atoms with Crippen LogP contribution in [0.5, 0.6) is 0 Å². The highest BCUT2D eigenvalue weighted by Gasteiger charge is 2.19. The SMILES string of the molecule is Cc1c(C#N)sc(/N=N/c2c(NCCCO)nc(NCCCO)c(C#N)c2C)c1C#N. The van der Waals surface area contributed by atoms with Crippen LogP contribution in [0.1, 0.15) is 40.0 Å². The minimum absolute atomic E-state index is 0.00232. The third kappa shape index (κ3) is 5.53. The van der Waals surface area contributed by atoms with Crippen LogP contribution in [-0.4, -0.2) is 41.5 Å². The Morgan fingerprint density at radius 3 is 2.03 bits per heavy atom. The Kier molecular flexibility index (Phi) is 8.86. The Morgan fingerprint density at radius 2 is 1.48 bits per heavy atom. The van der Waals surface area contributed by atoms with E-state index in [0.29, 0.717) is 69.8 Å². The summed E-state index contributed by atoms with van der Waals surface area (Å²) < 4.78 is 0. The van der Waals surface area contributed by atoms with E-state index in [2.05, 4.69) is 38.0 Å². The van der Waals surface area contributed by atoms with Crippen molar-refractivity contribution in [1.82, 2.24) is 4.98 Å². The molecule has 31 heavy (non-hydrogen) atoms. The Morgan fingerprint density at radius 1 is 0.871 bits per heavy atom. The fourth-order valence-corrected chi connectivity index (χ4v) is 3.56. The molecule has 0 radical (unpaired) electrons. The largest absolute Gasteiger partial charge is 0.396 e. The van der Waals surface area contributed by atoms with Gasteiger partial charge in [0.1, 0.15) is 34.6 Å². The molecule has 2 heterocycles. The smallest absolute Gasteiger partial charge is 0.158 e. The summed E-state index contributed by atoms with van der Waals surface area (Å²) in [6.07, 6.45) is 0.981. The zero-order chi connectivity index (χ0) is 22.8. The van der Waals surface area contributed by atoms with Crippen LogP contribution in [-0.2, 0) is 0 Å². The summed E-state index contributed by atoms with van der Waals surface area (Å²) in [4.78, 5) is 4.86. The van der Waals surface area contributed by atoms with E-state index in [1.807, 2.05) is 6.07 Å². The number of anilines is 2. The van der Waals surface area contributed by atoms with Gasteiger partial charge in [-0.05, 0) is 32.3 Å². The molecule has 0 spiro atoms. The number of rotatable bonds is 10. The highest BCUT2D eigenvalue weighted by Crippen LogP contribution is 2.38. The summed E-state index contributed by atoms with van der Waals surface area (Å²) in [5.74, 6) is 0.725. The van der Waals surface area contributed by atoms with E-state index in [9.17, 15) is 15.8 Å². The third-order valence-electron chi connectivity index (χ3n) is 4.36. The molecule has 10 nitrogen and oxygen atoms in total. The molecule has 0 aliphatic rings. The number of hydrogen-bond donors (Lipinski definition) is 4. The second-order valence-electron chi connectivity index (χ2n) is 6.44. The minimum Gasteiger partial charge on any atom is -0.396 e. The number of nitriles is 3. The van der Waals surface area contributed by atoms with Gasteiger partial charge in [0.15, 0.2) is 10.8 Å². The van der Waals surface area contributed by atoms with Crippen molar-refractivity contribution in [1.29, 1.82) is 15.8 Å². The van der Waals surface area contributed by atoms with Gasteiger partial charge in [-0.2, -0.15) is 15.8 Å². The molecule has 0 unspecified atom stereocenters. The van der Waals surface area contributed by atoms with E-state index in [-0.39, 0.29) is 18.8 Å². The van der Waals surface area contributed by atoms with Crippen LogP contribution in [0.25, 0.3) is 0 Å². The van der Waals surface area contributed by atoms with Crippen LogP contribution in [0, 0.1) is 47.8 Å². The first kappa shape index (κ1) is 23.7. The van der Waals surface area contributed by atoms with Gasteiger partial charge in [0, 0.05) is 31.9 Å². The first-order chi connectivity index (χ1) is 15.0. The van der Waals surface area contributed by atoms with E-state index >= 15 is 0 Å². The number of azo groups is 1. The lowest BCUT2D eigenvalue weighted by molar-refractivity contribution is 0.292. The van der Waals surface area contributed by atoms with Crippen molar-refractivity contribution in [3.8, 4) is 18.2 Å². The molecular weight excluding hydrogens is 416 g/mol. The van der Waals surface area contributed by atoms with E-state index < -0.39 is 0 Å². The van der Waals surface area contributed by atoms with Gasteiger partial charge in [-0.25, -0.2) is 4.98 Å². The first-order valence-electron chi connectivity index (χ1n) is 9.51. The van der Waals surface area contributed by atoms with Gasteiger partial charge in [0.2, 0.25) is 0 Å². The average molecular weight is 439 g/mol. The molecule has 0 aliphatic carbocycles. The van der Waals surface area contributed by atoms with Gasteiger partial charge < -0.3 is 20.8 Å². The predicted octanol–water partition coefficient (Wildman–Crippen LogP) is 3.38. The summed E-state index contributed by atoms with van der Waals surface area (Å²) in [6.45, 7) is 4.27. The Labute approximate surface area is 184 Å². The zero-order valence-electron chi connectivity index (χ0n) is 17.2. The van der Waals surface area contributed by atoms with Crippen LogP contribution in [0.3, 0.4) is 0 Å². The average Bonchev–Trinajstić information content (AvgIpc) is 3.08. The monoisotopic (exact) mass is 438 g/mol. The number of aliphatic hydroxyl groups excluding tert-OH is 2. The van der Waals surface area contributed by atoms with Gasteiger partial charge in [0.05, 0.1) is 11.1 Å². The van der Waals surface area contributed by atoms with E-state index in [0.717, 1.165) is 11.3 Å². The number of aliphatic hydroxyl groups is 2. The molecule has 2 rings (SSSR count). The third-order valence-corrected chi connectivity index (χ3v) is 5.44. The molecule has 0 fully saturated rings. The minimum atomic E-state index is -0.00232. The maximum absolute atomic E-state index is 9.64. The fourth-order valence-electron chi connectivity index (χ4n) is 2.68. The number of aromatic nitrogens is 1. The highest BCUT2D eigenvalue weighted by molar-refractivity contribution is 7.16. The summed E-state index contributed by atoms with van der Waals surface area (Å²) in [5, 5.41) is 61.2. The second kappa shape index (κ2) is 11.6. The second-order valence-corrected chi connectivity index (χ2v) is 7.44. The van der Waals surface area contributed by atoms with E-state index in [1.54, 1.807) is 13.8 Å². The fraction of sp³-hybridized carbons (Fsp3) is 0.400. The Bertz CT molecular complexity index is 1090. The standard InChI is InChI=1S/C20H22N8O2S/c1-12-15(10-22)20(31-16(12)11-23)28-27-17-13(2)14(9-21)18(24-5-3-7-29)26-19(17)25-6-4-8-30/h29-30H,3-8H2,1-2H3,(H2,24,25,26)/b28-27+. The number of pyridine rings is 1. The molecule has 0 amide bonds. The van der Waals surface area contributed by atoms with Gasteiger partial charge in [-0.3, -0.25) is 0 Å². The van der Waals surface area contributed by atoms with Crippen LogP contribution >= 0.6 is 11.3 Å². The van der Waals surface area contributed by atoms with Crippen LogP contribution < -0.4 is 10.6 Å². The lowest BCUT2D eigenvalue weighted by atomic mass is 10.1. The van der Waals surface area contributed by atoms with Crippen LogP contribution in [0.15, 0.2) is 10.2 Å². The molecule has 2 aromatic heterocycles. The molecule has 0 aliphatic heterocycles. The quantitative estimate of drug-likeness (QED) is 0.322. The molecule has 160 valence electrons. The molecule has 0 aromatic carbocycles. The Hall–Kier alpha value is -3.56. The predicted molar refractivity (Wildman–Crippen MR) is 117 cm³/mol. The lowest BCUT2D eigenvalue weighted by Crippen LogP contribution is -2.11. The molecule has 0 saturated carbocycles. The topological polar surface area (TPSA) is 174 Å². The molecule has 11 heteroatoms. The first-order valence-corrected chi connectivity index (χ1v) is 10.3. The van der Waals surface area contributed by atoms with Gasteiger partial charge >= 0.3 is 0 Å². The van der Waals surface area contributed by atoms with Crippen molar-refractivity contribution in [2.24, 2.45) is 10.2 Å². The lowest BCUT2D eigenvalue weighted by Gasteiger charge is -2.15. The summed E-state index contributed by atoms with van der Waals surface area (Å²) in [5.41, 5.74) is 2.00. The van der Waals surface area contributed by atoms with Gasteiger partial charge in [-0.15, -0.1) is 21.6 Å². The zero-order valence-corrected chi connectivity index (χ0v) is 18.0. The maximum Gasteiger partial charge on any atom is 0.158 e. The Balaban J connectivity index is 2.54. The van der Waals surface area contributed by atoms with Crippen molar-refractivity contribution in [3.05, 3.63) is 27.1 Å². The molecule has 0 atom stereocenters. The van der Waals surface area contributed by atoms with Gasteiger partial charge in [0.25, 0.3) is 0 Å². The number of nitrogens with zero attached hydrogens (tertiary/aromatic N) is 6. The van der Waals surface area contributed by atoms with Crippen molar-refractivity contribution in [2.75, 3.05) is 36.9 Å². The van der Waals surface area contributed by atoms with Crippen molar-refractivity contribution >= 4 is 33.7 Å². The van der Waals surface area contributed by atoms with Crippen LogP contribution in [0.2, 0.25) is 0 Å². The van der Waals surface area contributed by atoms with Crippen molar-refractivity contribution in [2.45, 2.75) is 26.7 Å². The molecule has 4 N–H and O–H groups in total. The van der Waals surface area contributed by atoms with E-state index in [1.165, 1.54) is 0 Å².